The first-order valence-electron chi connectivity index (χ1n) is 9.00. The summed E-state index contributed by atoms with van der Waals surface area (Å²) in [7, 11) is -3.48. The van der Waals surface area contributed by atoms with E-state index in [1.54, 1.807) is 28.8 Å². The summed E-state index contributed by atoms with van der Waals surface area (Å²) in [6.07, 6.45) is 5.67. The molecule has 2 aliphatic rings. The first-order chi connectivity index (χ1) is 12.1. The van der Waals surface area contributed by atoms with Crippen molar-refractivity contribution in [2.75, 3.05) is 45.8 Å². The van der Waals surface area contributed by atoms with Crippen molar-refractivity contribution in [1.29, 1.82) is 0 Å². The molecule has 0 atom stereocenters. The maximum atomic E-state index is 13.0. The van der Waals surface area contributed by atoms with Gasteiger partial charge < -0.3 is 15.2 Å². The molecule has 2 aliphatic heterocycles. The second-order valence-corrected chi connectivity index (χ2v) is 8.86. The van der Waals surface area contributed by atoms with Gasteiger partial charge in [-0.2, -0.15) is 4.31 Å². The van der Waals surface area contributed by atoms with Crippen molar-refractivity contribution in [3.05, 3.63) is 24.5 Å². The summed E-state index contributed by atoms with van der Waals surface area (Å²) in [5, 5.41) is 4.06. The summed E-state index contributed by atoms with van der Waals surface area (Å²) in [6.45, 7) is 6.03. The molecule has 2 N–H and O–H groups in total. The first-order valence-corrected chi connectivity index (χ1v) is 10.4. The number of aromatic amines is 1. The molecule has 2 saturated heterocycles. The van der Waals surface area contributed by atoms with Crippen LogP contribution in [0, 0.1) is 5.92 Å². The molecule has 0 unspecified atom stereocenters. The monoisotopic (exact) mass is 363 g/mol. The number of hydrogen-bond donors (Lipinski definition) is 2. The van der Waals surface area contributed by atoms with E-state index < -0.39 is 10.0 Å². The number of aromatic nitrogens is 2. The fourth-order valence-corrected chi connectivity index (χ4v) is 5.44. The Bertz CT molecular complexity index is 820. The van der Waals surface area contributed by atoms with Gasteiger partial charge in [0.25, 0.3) is 0 Å². The highest BCUT2D eigenvalue weighted by atomic mass is 32.2. The van der Waals surface area contributed by atoms with E-state index in [0.29, 0.717) is 29.0 Å². The number of nitrogens with one attached hydrogen (secondary N) is 2. The predicted molar refractivity (Wildman–Crippen MR) is 96.9 cm³/mol. The van der Waals surface area contributed by atoms with Crippen LogP contribution in [0.5, 0.6) is 0 Å². The van der Waals surface area contributed by atoms with E-state index in [2.05, 4.69) is 20.2 Å². The molecule has 2 aromatic heterocycles. The van der Waals surface area contributed by atoms with Gasteiger partial charge in [0, 0.05) is 50.5 Å². The zero-order valence-electron chi connectivity index (χ0n) is 14.3. The zero-order chi connectivity index (χ0) is 17.3. The lowest BCUT2D eigenvalue weighted by atomic mass is 9.97. The number of nitrogens with zero attached hydrogens (tertiary/aromatic N) is 3. The number of piperazine rings is 1. The smallest absolute Gasteiger partial charge is 0.245 e. The summed E-state index contributed by atoms with van der Waals surface area (Å²) in [5.74, 6) is 0.740. The molecule has 7 nitrogen and oxygen atoms in total. The van der Waals surface area contributed by atoms with Gasteiger partial charge in [-0.05, 0) is 44.0 Å². The maximum Gasteiger partial charge on any atom is 0.245 e. The number of H-pyrrole nitrogens is 1. The molecule has 136 valence electrons. The molecule has 0 aliphatic carbocycles. The van der Waals surface area contributed by atoms with Crippen LogP contribution in [0.4, 0.5) is 0 Å². The molecule has 0 saturated carbocycles. The fraction of sp³-hybridized carbons (Fsp3) is 0.588. The molecule has 2 fully saturated rings. The Morgan fingerprint density at radius 3 is 2.68 bits per heavy atom. The van der Waals surface area contributed by atoms with Crippen LogP contribution in [0.25, 0.3) is 11.0 Å². The maximum absolute atomic E-state index is 13.0. The third-order valence-electron chi connectivity index (χ3n) is 5.34. The molecule has 0 amide bonds. The number of sulfonamides is 1. The molecule has 8 heteroatoms. The van der Waals surface area contributed by atoms with E-state index in [1.165, 1.54) is 12.8 Å². The van der Waals surface area contributed by atoms with Crippen LogP contribution in [0.3, 0.4) is 0 Å². The third kappa shape index (κ3) is 3.44. The van der Waals surface area contributed by atoms with Crippen molar-refractivity contribution in [1.82, 2.24) is 24.5 Å². The minimum absolute atomic E-state index is 0.336. The van der Waals surface area contributed by atoms with E-state index >= 15 is 0 Å². The summed E-state index contributed by atoms with van der Waals surface area (Å²) < 4.78 is 27.6. The van der Waals surface area contributed by atoms with Crippen molar-refractivity contribution in [3.63, 3.8) is 0 Å². The predicted octanol–water partition coefficient (Wildman–Crippen LogP) is 0.869. The SMILES string of the molecule is O=S(=O)(c1c[nH]c2ncccc12)N1CCN(CC2CCNCC2)CC1. The molecule has 2 aromatic rings. The second kappa shape index (κ2) is 7.03. The molecular weight excluding hydrogens is 338 g/mol. The quantitative estimate of drug-likeness (QED) is 0.842. The highest BCUT2D eigenvalue weighted by Crippen LogP contribution is 2.25. The number of fused-ring (bicyclic) bond motifs is 1. The van der Waals surface area contributed by atoms with Crippen LogP contribution in [0.2, 0.25) is 0 Å². The van der Waals surface area contributed by atoms with E-state index in [1.807, 2.05) is 0 Å². The van der Waals surface area contributed by atoms with Crippen molar-refractivity contribution in [2.24, 2.45) is 5.92 Å². The van der Waals surface area contributed by atoms with Crippen LogP contribution < -0.4 is 5.32 Å². The van der Waals surface area contributed by atoms with Crippen molar-refractivity contribution in [2.45, 2.75) is 17.7 Å². The Labute approximate surface area is 148 Å². The van der Waals surface area contributed by atoms with Crippen LogP contribution in [0.15, 0.2) is 29.4 Å². The van der Waals surface area contributed by atoms with Crippen molar-refractivity contribution in [3.8, 4) is 0 Å². The van der Waals surface area contributed by atoms with Gasteiger partial charge in [-0.25, -0.2) is 13.4 Å². The molecule has 25 heavy (non-hydrogen) atoms. The summed E-state index contributed by atoms with van der Waals surface area (Å²) in [5.41, 5.74) is 0.616. The topological polar surface area (TPSA) is 81.3 Å². The average molecular weight is 363 g/mol. The minimum Gasteiger partial charge on any atom is -0.345 e. The lowest BCUT2D eigenvalue weighted by molar-refractivity contribution is 0.152. The van der Waals surface area contributed by atoms with Gasteiger partial charge in [-0.15, -0.1) is 0 Å². The summed E-state index contributed by atoms with van der Waals surface area (Å²) in [4.78, 5) is 9.90. The van der Waals surface area contributed by atoms with Crippen molar-refractivity contribution < 1.29 is 8.42 Å². The lowest BCUT2D eigenvalue weighted by Crippen LogP contribution is -2.50. The third-order valence-corrected chi connectivity index (χ3v) is 7.28. The van der Waals surface area contributed by atoms with Crippen molar-refractivity contribution >= 4 is 21.1 Å². The van der Waals surface area contributed by atoms with E-state index in [9.17, 15) is 8.42 Å². The molecular formula is C17H25N5O2S. The number of rotatable bonds is 4. The first kappa shape index (κ1) is 17.0. The average Bonchev–Trinajstić information content (AvgIpc) is 3.08. The van der Waals surface area contributed by atoms with Gasteiger partial charge in [-0.1, -0.05) is 0 Å². The number of piperidine rings is 1. The highest BCUT2D eigenvalue weighted by molar-refractivity contribution is 7.89. The van der Waals surface area contributed by atoms with Gasteiger partial charge in [0.15, 0.2) is 0 Å². The Morgan fingerprint density at radius 2 is 1.92 bits per heavy atom. The van der Waals surface area contributed by atoms with Gasteiger partial charge in [-0.3, -0.25) is 0 Å². The standard InChI is InChI=1S/C17H25N5O2S/c23-25(24,16-12-20-17-15(16)2-1-5-19-17)22-10-8-21(9-11-22)13-14-3-6-18-7-4-14/h1-2,5,12,14,18H,3-4,6-11,13H2,(H,19,20). The molecule has 0 aromatic carbocycles. The Hall–Kier alpha value is -1.48. The Kier molecular flexibility index (Phi) is 4.77. The van der Waals surface area contributed by atoms with Crippen LogP contribution in [0.1, 0.15) is 12.8 Å². The molecule has 0 radical (unpaired) electrons. The largest absolute Gasteiger partial charge is 0.345 e. The van der Waals surface area contributed by atoms with E-state index in [4.69, 9.17) is 0 Å². The number of pyridine rings is 1. The lowest BCUT2D eigenvalue weighted by Gasteiger charge is -2.36. The molecule has 4 heterocycles. The Morgan fingerprint density at radius 1 is 1.16 bits per heavy atom. The van der Waals surface area contributed by atoms with Crippen LogP contribution >= 0.6 is 0 Å². The highest BCUT2D eigenvalue weighted by Gasteiger charge is 2.31. The summed E-state index contributed by atoms with van der Waals surface area (Å²) in [6, 6.07) is 3.57. The number of hydrogen-bond acceptors (Lipinski definition) is 5. The van der Waals surface area contributed by atoms with Crippen LogP contribution in [-0.4, -0.2) is 73.4 Å². The minimum atomic E-state index is -3.48. The molecule has 0 spiro atoms. The fourth-order valence-electron chi connectivity index (χ4n) is 3.87. The van der Waals surface area contributed by atoms with Crippen LogP contribution in [-0.2, 0) is 10.0 Å². The van der Waals surface area contributed by atoms with E-state index in [-0.39, 0.29) is 0 Å². The molecule has 4 rings (SSSR count). The van der Waals surface area contributed by atoms with E-state index in [0.717, 1.165) is 38.6 Å². The summed E-state index contributed by atoms with van der Waals surface area (Å²) >= 11 is 0. The second-order valence-electron chi connectivity index (χ2n) is 6.95. The molecule has 0 bridgehead atoms. The Balaban J connectivity index is 1.42. The van der Waals surface area contributed by atoms with Gasteiger partial charge >= 0.3 is 0 Å². The van der Waals surface area contributed by atoms with Gasteiger partial charge in [0.1, 0.15) is 10.5 Å². The van der Waals surface area contributed by atoms with Gasteiger partial charge in [0.05, 0.1) is 0 Å². The normalized spacial score (nSPS) is 21.8. The van der Waals surface area contributed by atoms with Gasteiger partial charge in [0.2, 0.25) is 10.0 Å². The zero-order valence-corrected chi connectivity index (χ0v) is 15.1.